The summed E-state index contributed by atoms with van der Waals surface area (Å²) in [6.45, 7) is 2.11. The van der Waals surface area contributed by atoms with E-state index in [-0.39, 0.29) is 18.8 Å². The number of aliphatic carboxylic acids is 1. The molecule has 0 unspecified atom stereocenters. The number of carboxylic acids is 1. The Balaban J connectivity index is 2.31. The summed E-state index contributed by atoms with van der Waals surface area (Å²) in [6, 6.07) is 1.88. The number of carboxylic acid groups (broad SMARTS) is 1. The Bertz CT molecular complexity index is 622. The van der Waals surface area contributed by atoms with Gasteiger partial charge in [-0.05, 0) is 19.3 Å². The van der Waals surface area contributed by atoms with Crippen molar-refractivity contribution in [2.45, 2.75) is 32.6 Å². The molecule has 2 rings (SSSR count). The zero-order chi connectivity index (χ0) is 17.9. The second-order valence-corrected chi connectivity index (χ2v) is 6.13. The summed E-state index contributed by atoms with van der Waals surface area (Å²) in [7, 11) is 1.27. The van der Waals surface area contributed by atoms with Crippen LogP contribution in [0.5, 0.6) is 5.75 Å². The van der Waals surface area contributed by atoms with Gasteiger partial charge in [-0.2, -0.15) is 0 Å². The first-order valence-corrected chi connectivity index (χ1v) is 7.90. The number of hydrogen-bond donors (Lipinski definition) is 1. The molecular formula is C17H21F2NO4. The summed E-state index contributed by atoms with van der Waals surface area (Å²) in [6.07, 6.45) is 2.00. The number of likely N-dealkylation sites (tertiary alicyclic amines) is 1. The van der Waals surface area contributed by atoms with Gasteiger partial charge in [-0.3, -0.25) is 9.59 Å². The molecule has 0 aromatic heterocycles. The van der Waals surface area contributed by atoms with Crippen molar-refractivity contribution < 1.29 is 28.2 Å². The van der Waals surface area contributed by atoms with Gasteiger partial charge >= 0.3 is 5.97 Å². The highest BCUT2D eigenvalue weighted by Crippen LogP contribution is 2.36. The number of piperidine rings is 1. The Morgan fingerprint density at radius 3 is 2.46 bits per heavy atom. The number of methoxy groups -OCH3 is 1. The standard InChI is InChI=1S/C17H21F2NO4/c1-3-5-17(16(22)23)6-4-7-20(10-17)15(21)14-12(18)8-11(24-2)9-13(14)19/h8-9H,3-7,10H2,1-2H3,(H,22,23)/t17-/m0/s1. The van der Waals surface area contributed by atoms with Crippen LogP contribution in [0.2, 0.25) is 0 Å². The van der Waals surface area contributed by atoms with Gasteiger partial charge in [0.05, 0.1) is 12.5 Å². The first-order valence-electron chi connectivity index (χ1n) is 7.90. The molecule has 1 saturated heterocycles. The topological polar surface area (TPSA) is 66.8 Å². The van der Waals surface area contributed by atoms with Crippen molar-refractivity contribution in [2.24, 2.45) is 5.41 Å². The molecule has 0 bridgehead atoms. The molecule has 132 valence electrons. The number of carbonyl (C=O) groups is 2. The Morgan fingerprint density at radius 2 is 1.96 bits per heavy atom. The van der Waals surface area contributed by atoms with Gasteiger partial charge in [0.15, 0.2) is 0 Å². The van der Waals surface area contributed by atoms with E-state index < -0.39 is 34.5 Å². The lowest BCUT2D eigenvalue weighted by atomic mass is 9.76. The van der Waals surface area contributed by atoms with E-state index >= 15 is 0 Å². The fraction of sp³-hybridized carbons (Fsp3) is 0.529. The van der Waals surface area contributed by atoms with Crippen LogP contribution in [0.1, 0.15) is 43.0 Å². The van der Waals surface area contributed by atoms with E-state index in [1.807, 2.05) is 6.92 Å². The molecule has 0 spiro atoms. The van der Waals surface area contributed by atoms with E-state index in [9.17, 15) is 23.5 Å². The van der Waals surface area contributed by atoms with Gasteiger partial charge in [-0.15, -0.1) is 0 Å². The predicted octanol–water partition coefficient (Wildman–Crippen LogP) is 3.08. The molecule has 1 heterocycles. The largest absolute Gasteiger partial charge is 0.497 e. The highest BCUT2D eigenvalue weighted by atomic mass is 19.1. The third-order valence-corrected chi connectivity index (χ3v) is 4.51. The van der Waals surface area contributed by atoms with E-state index in [0.717, 1.165) is 12.1 Å². The Morgan fingerprint density at radius 1 is 1.33 bits per heavy atom. The zero-order valence-electron chi connectivity index (χ0n) is 13.8. The van der Waals surface area contributed by atoms with Crippen molar-refractivity contribution in [1.29, 1.82) is 0 Å². The predicted molar refractivity (Wildman–Crippen MR) is 83.0 cm³/mol. The summed E-state index contributed by atoms with van der Waals surface area (Å²) >= 11 is 0. The number of rotatable bonds is 5. The molecular weight excluding hydrogens is 320 g/mol. The third kappa shape index (κ3) is 3.34. The van der Waals surface area contributed by atoms with E-state index in [0.29, 0.717) is 25.7 Å². The monoisotopic (exact) mass is 341 g/mol. The van der Waals surface area contributed by atoms with E-state index in [4.69, 9.17) is 4.74 Å². The van der Waals surface area contributed by atoms with Crippen molar-refractivity contribution in [1.82, 2.24) is 4.90 Å². The summed E-state index contributed by atoms with van der Waals surface area (Å²) in [5, 5.41) is 9.56. The van der Waals surface area contributed by atoms with Crippen molar-refractivity contribution in [3.05, 3.63) is 29.3 Å². The molecule has 5 nitrogen and oxygen atoms in total. The summed E-state index contributed by atoms with van der Waals surface area (Å²) in [5.41, 5.74) is -1.73. The van der Waals surface area contributed by atoms with Crippen LogP contribution in [0.25, 0.3) is 0 Å². The maximum atomic E-state index is 14.1. The fourth-order valence-corrected chi connectivity index (χ4v) is 3.30. The molecule has 1 atom stereocenters. The van der Waals surface area contributed by atoms with E-state index in [2.05, 4.69) is 0 Å². The number of halogens is 2. The van der Waals surface area contributed by atoms with Crippen LogP contribution in [0.3, 0.4) is 0 Å². The van der Waals surface area contributed by atoms with Gasteiger partial charge in [0.25, 0.3) is 5.91 Å². The Kier molecular flexibility index (Phi) is 5.41. The van der Waals surface area contributed by atoms with Gasteiger partial charge < -0.3 is 14.7 Å². The second-order valence-electron chi connectivity index (χ2n) is 6.13. The smallest absolute Gasteiger partial charge is 0.311 e. The molecule has 1 aromatic carbocycles. The third-order valence-electron chi connectivity index (χ3n) is 4.51. The molecule has 1 fully saturated rings. The molecule has 1 N–H and O–H groups in total. The normalized spacial score (nSPS) is 20.8. The van der Waals surface area contributed by atoms with Gasteiger partial charge in [0, 0.05) is 25.2 Å². The van der Waals surface area contributed by atoms with Gasteiger partial charge in [-0.25, -0.2) is 8.78 Å². The number of ether oxygens (including phenoxy) is 1. The van der Waals surface area contributed by atoms with Crippen molar-refractivity contribution in [2.75, 3.05) is 20.2 Å². The van der Waals surface area contributed by atoms with Crippen molar-refractivity contribution in [3.63, 3.8) is 0 Å². The maximum absolute atomic E-state index is 14.1. The van der Waals surface area contributed by atoms with Gasteiger partial charge in [0.1, 0.15) is 22.9 Å². The molecule has 7 heteroatoms. The molecule has 1 aromatic rings. The average Bonchev–Trinajstić information content (AvgIpc) is 2.54. The molecule has 1 amide bonds. The van der Waals surface area contributed by atoms with Crippen LogP contribution < -0.4 is 4.74 Å². The van der Waals surface area contributed by atoms with Gasteiger partial charge in [-0.1, -0.05) is 13.3 Å². The molecule has 0 radical (unpaired) electrons. The minimum atomic E-state index is -1.05. The van der Waals surface area contributed by atoms with Crippen molar-refractivity contribution >= 4 is 11.9 Å². The number of carbonyl (C=O) groups excluding carboxylic acids is 1. The van der Waals surface area contributed by atoms with Crippen LogP contribution in [-0.4, -0.2) is 42.1 Å². The number of benzene rings is 1. The maximum Gasteiger partial charge on any atom is 0.311 e. The SMILES string of the molecule is CCC[C@]1(C(=O)O)CCCN(C(=O)c2c(F)cc(OC)cc2F)C1. The lowest BCUT2D eigenvalue weighted by Gasteiger charge is -2.40. The highest BCUT2D eigenvalue weighted by Gasteiger charge is 2.43. The lowest BCUT2D eigenvalue weighted by Crippen LogP contribution is -2.50. The fourth-order valence-electron chi connectivity index (χ4n) is 3.30. The number of nitrogens with zero attached hydrogens (tertiary/aromatic N) is 1. The van der Waals surface area contributed by atoms with Crippen LogP contribution in [-0.2, 0) is 4.79 Å². The second kappa shape index (κ2) is 7.15. The first kappa shape index (κ1) is 18.2. The first-order chi connectivity index (χ1) is 11.3. The summed E-state index contributed by atoms with van der Waals surface area (Å²) < 4.78 is 33.0. The van der Waals surface area contributed by atoms with Crippen LogP contribution in [0, 0.1) is 17.0 Å². The minimum absolute atomic E-state index is 0.0222. The summed E-state index contributed by atoms with van der Waals surface area (Å²) in [5.74, 6) is -3.85. The van der Waals surface area contributed by atoms with Crippen LogP contribution in [0.15, 0.2) is 12.1 Å². The summed E-state index contributed by atoms with van der Waals surface area (Å²) in [4.78, 5) is 25.5. The molecule has 1 aliphatic rings. The molecule has 24 heavy (non-hydrogen) atoms. The Labute approximate surface area is 139 Å². The number of amides is 1. The van der Waals surface area contributed by atoms with Gasteiger partial charge in [0.2, 0.25) is 0 Å². The van der Waals surface area contributed by atoms with Crippen LogP contribution in [0.4, 0.5) is 8.78 Å². The zero-order valence-corrected chi connectivity index (χ0v) is 13.8. The van der Waals surface area contributed by atoms with Crippen LogP contribution >= 0.6 is 0 Å². The van der Waals surface area contributed by atoms with E-state index in [1.165, 1.54) is 12.0 Å². The lowest BCUT2D eigenvalue weighted by molar-refractivity contribution is -0.152. The number of hydrogen-bond acceptors (Lipinski definition) is 3. The minimum Gasteiger partial charge on any atom is -0.497 e. The average molecular weight is 341 g/mol. The highest BCUT2D eigenvalue weighted by molar-refractivity contribution is 5.95. The Hall–Kier alpha value is -2.18. The van der Waals surface area contributed by atoms with Crippen molar-refractivity contribution in [3.8, 4) is 5.75 Å². The molecule has 1 aliphatic heterocycles. The molecule has 0 aliphatic carbocycles. The quantitative estimate of drug-likeness (QED) is 0.894. The van der Waals surface area contributed by atoms with E-state index in [1.54, 1.807) is 0 Å². The molecule has 0 saturated carbocycles.